The zero-order valence-corrected chi connectivity index (χ0v) is 10.4. The minimum absolute atomic E-state index is 0.0464. The van der Waals surface area contributed by atoms with E-state index in [1.165, 1.54) is 29.5 Å². The van der Waals surface area contributed by atoms with Gasteiger partial charge in [-0.3, -0.25) is 0 Å². The van der Waals surface area contributed by atoms with Gasteiger partial charge in [-0.15, -0.1) is 11.3 Å². The fourth-order valence-electron chi connectivity index (χ4n) is 1.57. The number of alkyl halides is 3. The van der Waals surface area contributed by atoms with Crippen molar-refractivity contribution in [2.45, 2.75) is 12.8 Å². The van der Waals surface area contributed by atoms with Gasteiger partial charge in [0.25, 0.3) is 0 Å². The summed E-state index contributed by atoms with van der Waals surface area (Å²) in [6, 6.07) is 8.72. The lowest BCUT2D eigenvalue weighted by molar-refractivity contribution is -0.138. The van der Waals surface area contributed by atoms with E-state index in [9.17, 15) is 13.2 Å². The predicted molar refractivity (Wildman–Crippen MR) is 64.8 cm³/mol. The highest BCUT2D eigenvalue weighted by Crippen LogP contribution is 2.33. The molecular weight excluding hydrogens is 275 g/mol. The average Bonchev–Trinajstić information content (AvgIpc) is 2.83. The van der Waals surface area contributed by atoms with E-state index in [4.69, 9.17) is 10.00 Å². The number of ether oxygens (including phenoxy) is 1. The van der Waals surface area contributed by atoms with Gasteiger partial charge in [-0.1, -0.05) is 18.2 Å². The Morgan fingerprint density at radius 3 is 2.63 bits per heavy atom. The number of hydrogen-bond donors (Lipinski definition) is 0. The molecule has 98 valence electrons. The Bertz CT molecular complexity index is 613. The Hall–Kier alpha value is -2.00. The molecule has 1 heterocycles. The molecule has 1 aromatic heterocycles. The Labute approximate surface area is 111 Å². The summed E-state index contributed by atoms with van der Waals surface area (Å²) in [6.45, 7) is -0.221. The molecule has 19 heavy (non-hydrogen) atoms. The minimum Gasteiger partial charge on any atom is -0.487 e. The summed E-state index contributed by atoms with van der Waals surface area (Å²) in [4.78, 5) is 0.351. The first kappa shape index (κ1) is 13.4. The van der Waals surface area contributed by atoms with E-state index in [1.54, 1.807) is 11.4 Å². The van der Waals surface area contributed by atoms with Crippen molar-refractivity contribution in [3.63, 3.8) is 0 Å². The summed E-state index contributed by atoms with van der Waals surface area (Å²) in [7, 11) is 0. The van der Waals surface area contributed by atoms with Crippen molar-refractivity contribution in [1.82, 2.24) is 0 Å². The average molecular weight is 283 g/mol. The van der Waals surface area contributed by atoms with Gasteiger partial charge in [-0.05, 0) is 17.5 Å². The van der Waals surface area contributed by atoms with E-state index >= 15 is 0 Å². The molecule has 0 radical (unpaired) electrons. The van der Waals surface area contributed by atoms with Crippen molar-refractivity contribution in [1.29, 1.82) is 5.26 Å². The molecule has 2 nitrogen and oxygen atoms in total. The summed E-state index contributed by atoms with van der Waals surface area (Å²) in [5.41, 5.74) is -0.672. The summed E-state index contributed by atoms with van der Waals surface area (Å²) in [6.07, 6.45) is -4.41. The van der Waals surface area contributed by atoms with E-state index < -0.39 is 11.7 Å². The Morgan fingerprint density at radius 1 is 1.21 bits per heavy atom. The molecule has 0 aliphatic carbocycles. The van der Waals surface area contributed by atoms with Gasteiger partial charge in [-0.2, -0.15) is 18.4 Å². The van der Waals surface area contributed by atoms with Crippen LogP contribution in [0.2, 0.25) is 0 Å². The molecule has 2 aromatic rings. The summed E-state index contributed by atoms with van der Waals surface area (Å²) in [5.74, 6) is 0.310. The van der Waals surface area contributed by atoms with Crippen LogP contribution in [-0.4, -0.2) is 0 Å². The Balaban J connectivity index is 2.19. The highest BCUT2D eigenvalue weighted by molar-refractivity contribution is 7.10. The third-order valence-corrected chi connectivity index (χ3v) is 3.24. The van der Waals surface area contributed by atoms with Crippen molar-refractivity contribution in [2.75, 3.05) is 0 Å². The molecule has 0 saturated carbocycles. The predicted octanol–water partition coefficient (Wildman–Crippen LogP) is 4.22. The summed E-state index contributed by atoms with van der Waals surface area (Å²) >= 11 is 1.19. The van der Waals surface area contributed by atoms with Crippen LogP contribution in [0.3, 0.4) is 0 Å². The van der Waals surface area contributed by atoms with Crippen LogP contribution in [0.1, 0.15) is 16.0 Å². The van der Waals surface area contributed by atoms with Crippen LogP contribution < -0.4 is 4.74 Å². The lowest BCUT2D eigenvalue weighted by Gasteiger charge is -2.13. The SMILES string of the molecule is N#Cc1sccc1OCc1ccccc1C(F)(F)F. The van der Waals surface area contributed by atoms with Crippen molar-refractivity contribution < 1.29 is 17.9 Å². The van der Waals surface area contributed by atoms with Gasteiger partial charge in [0.2, 0.25) is 0 Å². The highest BCUT2D eigenvalue weighted by Gasteiger charge is 2.33. The standard InChI is InChI=1S/C13H8F3NOS/c14-13(15,16)10-4-2-1-3-9(10)8-18-11-5-6-19-12(11)7-17/h1-6H,8H2. The summed E-state index contributed by atoms with van der Waals surface area (Å²) < 4.78 is 43.5. The van der Waals surface area contributed by atoms with Crippen molar-refractivity contribution >= 4 is 11.3 Å². The van der Waals surface area contributed by atoms with Gasteiger partial charge in [0.1, 0.15) is 23.3 Å². The van der Waals surface area contributed by atoms with Crippen LogP contribution in [0.15, 0.2) is 35.7 Å². The molecule has 0 saturated heterocycles. The number of nitrogens with zero attached hydrogens (tertiary/aromatic N) is 1. The number of hydrogen-bond acceptors (Lipinski definition) is 3. The second kappa shape index (κ2) is 5.33. The van der Waals surface area contributed by atoms with Gasteiger partial charge in [0, 0.05) is 5.56 Å². The zero-order valence-electron chi connectivity index (χ0n) is 9.57. The molecule has 2 rings (SSSR count). The molecule has 0 atom stereocenters. The van der Waals surface area contributed by atoms with Crippen molar-refractivity contribution in [2.24, 2.45) is 0 Å². The maximum atomic E-state index is 12.8. The van der Waals surface area contributed by atoms with Gasteiger partial charge in [0.05, 0.1) is 5.56 Å². The smallest absolute Gasteiger partial charge is 0.416 e. The zero-order chi connectivity index (χ0) is 13.9. The molecule has 0 bridgehead atoms. The third kappa shape index (κ3) is 3.06. The van der Waals surface area contributed by atoms with E-state index in [1.807, 2.05) is 6.07 Å². The fraction of sp³-hybridized carbons (Fsp3) is 0.154. The van der Waals surface area contributed by atoms with Crippen LogP contribution in [0.5, 0.6) is 5.75 Å². The molecule has 0 spiro atoms. The lowest BCUT2D eigenvalue weighted by Crippen LogP contribution is -2.10. The van der Waals surface area contributed by atoms with E-state index in [-0.39, 0.29) is 12.2 Å². The van der Waals surface area contributed by atoms with Gasteiger partial charge >= 0.3 is 6.18 Å². The first-order chi connectivity index (χ1) is 9.02. The van der Waals surface area contributed by atoms with Gasteiger partial charge in [0.15, 0.2) is 0 Å². The lowest BCUT2D eigenvalue weighted by atomic mass is 10.1. The second-order valence-electron chi connectivity index (χ2n) is 3.67. The van der Waals surface area contributed by atoms with Crippen LogP contribution >= 0.6 is 11.3 Å². The van der Waals surface area contributed by atoms with Gasteiger partial charge < -0.3 is 4.74 Å². The maximum absolute atomic E-state index is 12.8. The number of benzene rings is 1. The third-order valence-electron chi connectivity index (χ3n) is 2.44. The largest absolute Gasteiger partial charge is 0.487 e. The van der Waals surface area contributed by atoms with Crippen molar-refractivity contribution in [3.8, 4) is 11.8 Å². The Kier molecular flexibility index (Phi) is 3.76. The van der Waals surface area contributed by atoms with E-state index in [2.05, 4.69) is 0 Å². The maximum Gasteiger partial charge on any atom is 0.416 e. The highest BCUT2D eigenvalue weighted by atomic mass is 32.1. The van der Waals surface area contributed by atoms with Crippen LogP contribution in [0.25, 0.3) is 0 Å². The quantitative estimate of drug-likeness (QED) is 0.845. The molecule has 0 aliphatic rings. The molecule has 6 heteroatoms. The number of nitriles is 1. The first-order valence-corrected chi connectivity index (χ1v) is 6.16. The fourth-order valence-corrected chi connectivity index (χ4v) is 2.19. The first-order valence-electron chi connectivity index (χ1n) is 5.28. The second-order valence-corrected chi connectivity index (χ2v) is 4.59. The topological polar surface area (TPSA) is 33.0 Å². The molecule has 0 aliphatic heterocycles. The van der Waals surface area contributed by atoms with Crippen LogP contribution in [0.4, 0.5) is 13.2 Å². The molecule has 1 aromatic carbocycles. The van der Waals surface area contributed by atoms with Crippen molar-refractivity contribution in [3.05, 3.63) is 51.7 Å². The van der Waals surface area contributed by atoms with Crippen LogP contribution in [0, 0.1) is 11.3 Å². The summed E-state index contributed by atoms with van der Waals surface area (Å²) in [5, 5.41) is 10.4. The number of thiophene rings is 1. The van der Waals surface area contributed by atoms with Crippen LogP contribution in [-0.2, 0) is 12.8 Å². The molecule has 0 fully saturated rings. The van der Waals surface area contributed by atoms with E-state index in [0.717, 1.165) is 6.07 Å². The normalized spacial score (nSPS) is 11.1. The Morgan fingerprint density at radius 2 is 1.95 bits per heavy atom. The minimum atomic E-state index is -4.41. The number of rotatable bonds is 3. The monoisotopic (exact) mass is 283 g/mol. The number of halogens is 3. The molecular formula is C13H8F3NOS. The molecule has 0 N–H and O–H groups in total. The molecule has 0 unspecified atom stereocenters. The molecule has 0 amide bonds. The van der Waals surface area contributed by atoms with Gasteiger partial charge in [-0.25, -0.2) is 0 Å². The van der Waals surface area contributed by atoms with E-state index in [0.29, 0.717) is 10.6 Å².